The van der Waals surface area contributed by atoms with E-state index >= 15 is 4.39 Å². The number of rotatable bonds is 10. The lowest BCUT2D eigenvalue weighted by Gasteiger charge is -2.31. The van der Waals surface area contributed by atoms with Gasteiger partial charge in [0, 0.05) is 19.8 Å². The summed E-state index contributed by atoms with van der Waals surface area (Å²) >= 11 is 0.595. The van der Waals surface area contributed by atoms with Crippen molar-refractivity contribution in [3.63, 3.8) is 0 Å². The molecular weight excluding hydrogens is 515 g/mol. The molecule has 13 heteroatoms. The second-order valence-electron chi connectivity index (χ2n) is 8.18. The molecule has 1 aromatic heterocycles. The highest BCUT2D eigenvalue weighted by Gasteiger charge is 2.37. The molecule has 0 radical (unpaired) electrons. The lowest BCUT2D eigenvalue weighted by Crippen LogP contribution is -2.45. The number of nitrogen functional groups attached to an aromatic ring is 1. The minimum Gasteiger partial charge on any atom is -0.465 e. The normalized spacial score (nSPS) is 11.4. The molecule has 11 nitrogen and oxygen atoms in total. The van der Waals surface area contributed by atoms with Gasteiger partial charge in [-0.25, -0.2) is 4.39 Å². The topological polar surface area (TPSA) is 161 Å². The first-order valence-electron chi connectivity index (χ1n) is 11.4. The van der Waals surface area contributed by atoms with Crippen molar-refractivity contribution in [2.45, 2.75) is 13.0 Å². The Balaban J connectivity index is 2.18. The number of ether oxygens (including phenoxy) is 1. The molecule has 0 unspecified atom stereocenters. The molecule has 1 atom stereocenters. The van der Waals surface area contributed by atoms with E-state index in [0.717, 1.165) is 16.7 Å². The Labute approximate surface area is 222 Å². The first kappa shape index (κ1) is 28.1. The number of hydrogen-bond donors (Lipinski definition) is 3. The van der Waals surface area contributed by atoms with Crippen LogP contribution in [0.25, 0.3) is 0 Å². The fourth-order valence-electron chi connectivity index (χ4n) is 3.59. The number of para-hydroxylation sites is 1. The number of nitrogens with zero attached hydrogens (tertiary/aromatic N) is 3. The molecule has 200 valence electrons. The van der Waals surface area contributed by atoms with Crippen molar-refractivity contribution < 1.29 is 28.3 Å². The van der Waals surface area contributed by atoms with Crippen LogP contribution < -0.4 is 26.6 Å². The van der Waals surface area contributed by atoms with Crippen molar-refractivity contribution in [2.75, 3.05) is 42.8 Å². The predicted octanol–water partition coefficient (Wildman–Crippen LogP) is 2.10. The fraction of sp³-hybridized carbons (Fsp3) is 0.240. The molecule has 0 aliphatic carbocycles. The standard InChI is InChI=1S/C25H27FN6O5S/c1-4-37-18(33)13-29-24(35)21(14-9-11-15(12-10-14)31(2)3)32(17-8-6-5-7-16(17)26)25(36)22-19(27)20(23(28)34)30-38-22/h5-12,21H,4,13,27H2,1-3H3,(H2,28,34)(H,29,35)/t21-/m0/s1. The van der Waals surface area contributed by atoms with Gasteiger partial charge in [-0.3, -0.25) is 24.1 Å². The average molecular weight is 543 g/mol. The molecule has 0 aliphatic rings. The Morgan fingerprint density at radius 1 is 1.11 bits per heavy atom. The Hall–Kier alpha value is -4.52. The monoisotopic (exact) mass is 542 g/mol. The third kappa shape index (κ3) is 6.06. The lowest BCUT2D eigenvalue weighted by atomic mass is 10.0. The van der Waals surface area contributed by atoms with Crippen molar-refractivity contribution in [3.05, 3.63) is 70.5 Å². The van der Waals surface area contributed by atoms with Crippen LogP contribution >= 0.6 is 11.5 Å². The van der Waals surface area contributed by atoms with Crippen molar-refractivity contribution in [1.82, 2.24) is 9.69 Å². The summed E-state index contributed by atoms with van der Waals surface area (Å²) in [6.07, 6.45) is 0. The Kier molecular flexibility index (Phi) is 8.97. The highest BCUT2D eigenvalue weighted by atomic mass is 32.1. The summed E-state index contributed by atoms with van der Waals surface area (Å²) in [6, 6.07) is 10.6. The summed E-state index contributed by atoms with van der Waals surface area (Å²) in [5.74, 6) is -4.12. The van der Waals surface area contributed by atoms with Crippen LogP contribution in [0.4, 0.5) is 21.5 Å². The molecule has 0 bridgehead atoms. The first-order valence-corrected chi connectivity index (χ1v) is 12.2. The molecule has 1 heterocycles. The van der Waals surface area contributed by atoms with Crippen molar-refractivity contribution >= 4 is 52.3 Å². The number of esters is 1. The molecule has 5 N–H and O–H groups in total. The maximum Gasteiger partial charge on any atom is 0.325 e. The van der Waals surface area contributed by atoms with Crippen LogP contribution in [0.5, 0.6) is 0 Å². The van der Waals surface area contributed by atoms with E-state index in [1.54, 1.807) is 31.2 Å². The minimum absolute atomic E-state index is 0.108. The molecule has 3 amide bonds. The summed E-state index contributed by atoms with van der Waals surface area (Å²) in [5, 5.41) is 2.46. The van der Waals surface area contributed by atoms with E-state index in [2.05, 4.69) is 9.69 Å². The van der Waals surface area contributed by atoms with Gasteiger partial charge in [-0.05, 0) is 48.3 Å². The second-order valence-corrected chi connectivity index (χ2v) is 8.95. The lowest BCUT2D eigenvalue weighted by molar-refractivity contribution is -0.143. The quantitative estimate of drug-likeness (QED) is 0.328. The van der Waals surface area contributed by atoms with Gasteiger partial charge in [-0.15, -0.1) is 0 Å². The van der Waals surface area contributed by atoms with Gasteiger partial charge in [-0.1, -0.05) is 24.3 Å². The third-order valence-electron chi connectivity index (χ3n) is 5.43. The fourth-order valence-corrected chi connectivity index (χ4v) is 4.33. The number of nitrogens with one attached hydrogen (secondary N) is 1. The van der Waals surface area contributed by atoms with Crippen LogP contribution in [0.3, 0.4) is 0 Å². The van der Waals surface area contributed by atoms with E-state index in [1.807, 2.05) is 19.0 Å². The van der Waals surface area contributed by atoms with Crippen molar-refractivity contribution in [1.29, 1.82) is 0 Å². The van der Waals surface area contributed by atoms with Gasteiger partial charge in [0.15, 0.2) is 5.69 Å². The van der Waals surface area contributed by atoms with E-state index in [9.17, 15) is 19.2 Å². The number of nitrogens with two attached hydrogens (primary N) is 2. The van der Waals surface area contributed by atoms with E-state index in [4.69, 9.17) is 16.2 Å². The van der Waals surface area contributed by atoms with Crippen LogP contribution in [0.1, 0.15) is 38.7 Å². The molecule has 2 aromatic carbocycles. The highest BCUT2D eigenvalue weighted by Crippen LogP contribution is 2.34. The minimum atomic E-state index is -1.46. The van der Waals surface area contributed by atoms with Gasteiger partial charge in [0.05, 0.1) is 18.0 Å². The van der Waals surface area contributed by atoms with E-state index < -0.39 is 42.1 Å². The zero-order valence-electron chi connectivity index (χ0n) is 20.9. The summed E-state index contributed by atoms with van der Waals surface area (Å²) < 4.78 is 23.9. The van der Waals surface area contributed by atoms with Gasteiger partial charge < -0.3 is 26.4 Å². The largest absolute Gasteiger partial charge is 0.465 e. The number of carbonyl (C=O) groups is 4. The molecule has 0 fully saturated rings. The average Bonchev–Trinajstić information content (AvgIpc) is 3.28. The molecule has 0 saturated heterocycles. The summed E-state index contributed by atoms with van der Waals surface area (Å²) in [6.45, 7) is 1.25. The Bertz CT molecular complexity index is 1340. The molecule has 0 saturated carbocycles. The number of carbonyl (C=O) groups excluding carboxylic acids is 4. The number of primary amides is 1. The molecule has 38 heavy (non-hydrogen) atoms. The van der Waals surface area contributed by atoms with Crippen LogP contribution in [-0.4, -0.2) is 55.3 Å². The van der Waals surface area contributed by atoms with E-state index in [0.29, 0.717) is 17.1 Å². The summed E-state index contributed by atoms with van der Waals surface area (Å²) in [5.41, 5.74) is 11.6. The number of hydrogen-bond acceptors (Lipinski definition) is 9. The smallest absolute Gasteiger partial charge is 0.325 e. The van der Waals surface area contributed by atoms with E-state index in [1.165, 1.54) is 18.2 Å². The highest BCUT2D eigenvalue weighted by molar-refractivity contribution is 7.09. The van der Waals surface area contributed by atoms with Crippen LogP contribution in [0, 0.1) is 5.82 Å². The number of anilines is 3. The summed E-state index contributed by atoms with van der Waals surface area (Å²) in [4.78, 5) is 53.6. The summed E-state index contributed by atoms with van der Waals surface area (Å²) in [7, 11) is 3.66. The zero-order valence-corrected chi connectivity index (χ0v) is 21.8. The number of amides is 3. The van der Waals surface area contributed by atoms with E-state index in [-0.39, 0.29) is 28.6 Å². The van der Waals surface area contributed by atoms with Gasteiger partial charge in [0.2, 0.25) is 5.91 Å². The number of benzene rings is 2. The van der Waals surface area contributed by atoms with Gasteiger partial charge in [0.1, 0.15) is 23.3 Å². The molecule has 0 spiro atoms. The third-order valence-corrected chi connectivity index (χ3v) is 6.28. The van der Waals surface area contributed by atoms with Crippen LogP contribution in [0.2, 0.25) is 0 Å². The SMILES string of the molecule is CCOC(=O)CNC(=O)[C@H](c1ccc(N(C)C)cc1)N(C(=O)c1snc(C(N)=O)c1N)c1ccccc1F. The van der Waals surface area contributed by atoms with Crippen LogP contribution in [0.15, 0.2) is 48.5 Å². The maximum atomic E-state index is 15.1. The maximum absolute atomic E-state index is 15.1. The molecule has 0 aliphatic heterocycles. The van der Waals surface area contributed by atoms with Crippen molar-refractivity contribution in [3.8, 4) is 0 Å². The van der Waals surface area contributed by atoms with Crippen LogP contribution in [-0.2, 0) is 14.3 Å². The molecule has 3 aromatic rings. The number of halogens is 1. The molecule has 3 rings (SSSR count). The Morgan fingerprint density at radius 3 is 2.32 bits per heavy atom. The Morgan fingerprint density at radius 2 is 1.76 bits per heavy atom. The predicted molar refractivity (Wildman–Crippen MR) is 141 cm³/mol. The molecular formula is C25H27FN6O5S. The van der Waals surface area contributed by atoms with Crippen molar-refractivity contribution in [2.24, 2.45) is 5.73 Å². The number of aromatic nitrogens is 1. The van der Waals surface area contributed by atoms with Gasteiger partial charge >= 0.3 is 5.97 Å². The van der Waals surface area contributed by atoms with Gasteiger partial charge in [-0.2, -0.15) is 4.37 Å². The zero-order chi connectivity index (χ0) is 28.0. The second kappa shape index (κ2) is 12.1. The first-order chi connectivity index (χ1) is 18.1. The van der Waals surface area contributed by atoms with Gasteiger partial charge in [0.25, 0.3) is 11.8 Å².